The molecule has 2 aromatic rings. The first-order chi connectivity index (χ1) is 20.1. The number of hydrogen-bond donors (Lipinski definition) is 4. The quantitative estimate of drug-likeness (QED) is 0.167. The van der Waals surface area contributed by atoms with Crippen LogP contribution in [0.4, 0.5) is 23.1 Å². The average Bonchev–Trinajstić information content (AvgIpc) is 2.94. The molecule has 0 saturated carbocycles. The van der Waals surface area contributed by atoms with Crippen molar-refractivity contribution in [3.63, 3.8) is 0 Å². The molecular weight excluding hydrogens is 674 g/mol. The first-order valence-electron chi connectivity index (χ1n) is 13.9. The number of rotatable bonds is 14. The van der Waals surface area contributed by atoms with E-state index in [1.54, 1.807) is 26.0 Å². The zero-order valence-electron chi connectivity index (χ0n) is 24.1. The highest BCUT2D eigenvalue weighted by Gasteiger charge is 2.31. The number of carbonyl (C=O) groups is 3. The van der Waals surface area contributed by atoms with Gasteiger partial charge in [0.15, 0.2) is 5.82 Å². The number of ether oxygens (including phenoxy) is 2. The third-order valence-corrected chi connectivity index (χ3v) is 9.10. The summed E-state index contributed by atoms with van der Waals surface area (Å²) in [5.41, 5.74) is 15.9. The van der Waals surface area contributed by atoms with E-state index in [1.807, 2.05) is 13.0 Å². The van der Waals surface area contributed by atoms with Crippen LogP contribution in [-0.4, -0.2) is 76.4 Å². The van der Waals surface area contributed by atoms with Crippen molar-refractivity contribution in [2.45, 2.75) is 63.4 Å². The van der Waals surface area contributed by atoms with Gasteiger partial charge >= 0.3 is 11.9 Å². The number of amides is 1. The monoisotopic (exact) mass is 711 g/mol. The molecule has 14 heteroatoms. The number of nitrogen functional groups attached to an aromatic ring is 2. The summed E-state index contributed by atoms with van der Waals surface area (Å²) in [6.45, 7) is 7.01. The standard InChI is InChI=1S/C28H39Br2N7O5/c1-4-41-23(38)11-10-22(27(40)42-5-2)34-26(39)17-6-8-20(16(3)12-17)33-14-19-7-9-21-24(25(31)36-28(32)35-21)37(19)15-18(30)13-29/h6,8,12,18-19,22,33H,4-5,7,9-11,13-15H2,1-3H3,(H,34,39)(H4,31,32,35,36). The molecule has 0 fully saturated rings. The number of esters is 2. The smallest absolute Gasteiger partial charge is 0.328 e. The van der Waals surface area contributed by atoms with Crippen molar-refractivity contribution >= 4 is 72.8 Å². The number of carbonyl (C=O) groups excluding carboxylic acids is 3. The number of hydrogen-bond acceptors (Lipinski definition) is 11. The number of aromatic nitrogens is 2. The number of alkyl halides is 2. The molecule has 1 aliphatic heterocycles. The fourth-order valence-electron chi connectivity index (χ4n) is 4.84. The van der Waals surface area contributed by atoms with Gasteiger partial charge in [0.2, 0.25) is 5.95 Å². The van der Waals surface area contributed by atoms with Crippen molar-refractivity contribution < 1.29 is 23.9 Å². The summed E-state index contributed by atoms with van der Waals surface area (Å²) in [5, 5.41) is 6.99. The number of halogens is 2. The second kappa shape index (κ2) is 15.9. The lowest BCUT2D eigenvalue weighted by molar-refractivity contribution is -0.146. The second-order valence-electron chi connectivity index (χ2n) is 9.89. The molecule has 3 unspecified atom stereocenters. The maximum absolute atomic E-state index is 13.0. The van der Waals surface area contributed by atoms with Crippen LogP contribution in [0.5, 0.6) is 0 Å². The van der Waals surface area contributed by atoms with Gasteiger partial charge in [-0.25, -0.2) is 9.78 Å². The molecule has 1 aliphatic rings. The number of nitrogens with zero attached hydrogens (tertiary/aromatic N) is 3. The van der Waals surface area contributed by atoms with Gasteiger partial charge in [0.1, 0.15) is 11.7 Å². The van der Waals surface area contributed by atoms with Crippen molar-refractivity contribution in [3.8, 4) is 0 Å². The summed E-state index contributed by atoms with van der Waals surface area (Å²) in [4.78, 5) is 48.3. The first kappa shape index (κ1) is 33.4. The minimum absolute atomic E-state index is 0.0151. The van der Waals surface area contributed by atoms with Crippen molar-refractivity contribution in [3.05, 3.63) is 35.0 Å². The molecular formula is C28H39Br2N7O5. The normalized spacial score (nSPS) is 15.7. The Labute approximate surface area is 262 Å². The predicted molar refractivity (Wildman–Crippen MR) is 170 cm³/mol. The Bertz CT molecular complexity index is 1270. The Morgan fingerprint density at radius 3 is 2.57 bits per heavy atom. The molecule has 0 saturated heterocycles. The van der Waals surface area contributed by atoms with Gasteiger partial charge in [-0.05, 0) is 63.8 Å². The van der Waals surface area contributed by atoms with Crippen molar-refractivity contribution in [2.24, 2.45) is 0 Å². The molecule has 3 rings (SSSR count). The predicted octanol–water partition coefficient (Wildman–Crippen LogP) is 3.35. The summed E-state index contributed by atoms with van der Waals surface area (Å²) in [6.07, 6.45) is 1.64. The van der Waals surface area contributed by atoms with Crippen LogP contribution in [0.15, 0.2) is 18.2 Å². The fraction of sp³-hybridized carbons (Fsp3) is 0.536. The topological polar surface area (TPSA) is 175 Å². The summed E-state index contributed by atoms with van der Waals surface area (Å²) in [7, 11) is 0. The molecule has 0 spiro atoms. The molecule has 0 bridgehead atoms. The zero-order chi connectivity index (χ0) is 30.8. The van der Waals surface area contributed by atoms with E-state index in [2.05, 4.69) is 57.4 Å². The van der Waals surface area contributed by atoms with Gasteiger partial charge < -0.3 is 36.5 Å². The minimum Gasteiger partial charge on any atom is -0.466 e. The number of anilines is 4. The highest BCUT2D eigenvalue weighted by Crippen LogP contribution is 2.35. The van der Waals surface area contributed by atoms with Crippen molar-refractivity contribution in [1.29, 1.82) is 0 Å². The van der Waals surface area contributed by atoms with Crippen LogP contribution in [0.2, 0.25) is 0 Å². The molecule has 3 atom stereocenters. The maximum atomic E-state index is 13.0. The lowest BCUT2D eigenvalue weighted by atomic mass is 9.99. The Morgan fingerprint density at radius 1 is 1.17 bits per heavy atom. The second-order valence-corrected chi connectivity index (χ2v) is 11.8. The van der Waals surface area contributed by atoms with Gasteiger partial charge in [-0.2, -0.15) is 4.98 Å². The molecule has 42 heavy (non-hydrogen) atoms. The summed E-state index contributed by atoms with van der Waals surface area (Å²) >= 11 is 7.25. The summed E-state index contributed by atoms with van der Waals surface area (Å²) in [5.74, 6) is -0.930. The lowest BCUT2D eigenvalue weighted by Crippen LogP contribution is -2.47. The van der Waals surface area contributed by atoms with Crippen molar-refractivity contribution in [1.82, 2.24) is 15.3 Å². The van der Waals surface area contributed by atoms with Crippen LogP contribution in [0.3, 0.4) is 0 Å². The fourth-order valence-corrected chi connectivity index (χ4v) is 5.36. The Balaban J connectivity index is 1.70. The van der Waals surface area contributed by atoms with Crippen LogP contribution < -0.4 is 27.0 Å². The molecule has 1 aromatic carbocycles. The number of nitrogens with two attached hydrogens (primary N) is 2. The third-order valence-electron chi connectivity index (χ3n) is 6.84. The van der Waals surface area contributed by atoms with Crippen LogP contribution >= 0.6 is 31.9 Å². The van der Waals surface area contributed by atoms with E-state index in [1.165, 1.54) is 0 Å². The Morgan fingerprint density at radius 2 is 1.90 bits per heavy atom. The Hall–Kier alpha value is -3.13. The van der Waals surface area contributed by atoms with E-state index >= 15 is 0 Å². The number of aryl methyl sites for hydroxylation is 2. The van der Waals surface area contributed by atoms with Gasteiger partial charge in [0.05, 0.1) is 18.9 Å². The van der Waals surface area contributed by atoms with Crippen LogP contribution in [0.1, 0.15) is 54.7 Å². The highest BCUT2D eigenvalue weighted by atomic mass is 79.9. The SMILES string of the molecule is CCOC(=O)CCC(NC(=O)c1ccc(NCC2CCc3nc(N)nc(N)c3N2CC(Br)CBr)c(C)c1)C(=O)OCC. The number of nitrogens with one attached hydrogen (secondary N) is 2. The van der Waals surface area contributed by atoms with E-state index in [0.29, 0.717) is 24.5 Å². The first-order valence-corrected chi connectivity index (χ1v) is 16.0. The van der Waals surface area contributed by atoms with E-state index in [-0.39, 0.29) is 42.9 Å². The molecule has 1 amide bonds. The van der Waals surface area contributed by atoms with Gasteiger partial charge in [-0.15, -0.1) is 0 Å². The van der Waals surface area contributed by atoms with Gasteiger partial charge in [0.25, 0.3) is 5.91 Å². The van der Waals surface area contributed by atoms with Gasteiger partial charge in [-0.1, -0.05) is 31.9 Å². The maximum Gasteiger partial charge on any atom is 0.328 e. The van der Waals surface area contributed by atoms with Crippen molar-refractivity contribution in [2.75, 3.05) is 53.3 Å². The molecule has 0 radical (unpaired) electrons. The van der Waals surface area contributed by atoms with Gasteiger partial charge in [0, 0.05) is 47.0 Å². The molecule has 230 valence electrons. The highest BCUT2D eigenvalue weighted by molar-refractivity contribution is 9.12. The van der Waals surface area contributed by atoms with Gasteiger partial charge in [-0.3, -0.25) is 9.59 Å². The third kappa shape index (κ3) is 8.93. The van der Waals surface area contributed by atoms with Crippen LogP contribution in [0.25, 0.3) is 0 Å². The minimum atomic E-state index is -0.968. The molecule has 12 nitrogen and oxygen atoms in total. The number of benzene rings is 1. The molecule has 2 heterocycles. The van der Waals surface area contributed by atoms with E-state index in [0.717, 1.165) is 40.8 Å². The Kier molecular flexibility index (Phi) is 12.6. The molecule has 0 aliphatic carbocycles. The summed E-state index contributed by atoms with van der Waals surface area (Å²) in [6, 6.07) is 4.43. The van der Waals surface area contributed by atoms with E-state index in [9.17, 15) is 14.4 Å². The number of fused-ring (bicyclic) bond motifs is 1. The zero-order valence-corrected chi connectivity index (χ0v) is 27.3. The largest absolute Gasteiger partial charge is 0.466 e. The van der Waals surface area contributed by atoms with E-state index in [4.69, 9.17) is 20.9 Å². The molecule has 6 N–H and O–H groups in total. The average molecular weight is 713 g/mol. The van der Waals surface area contributed by atoms with Crippen LogP contribution in [0, 0.1) is 6.92 Å². The molecule has 1 aromatic heterocycles. The lowest BCUT2D eigenvalue weighted by Gasteiger charge is -2.40. The summed E-state index contributed by atoms with van der Waals surface area (Å²) < 4.78 is 10.0. The van der Waals surface area contributed by atoms with E-state index < -0.39 is 23.9 Å². The van der Waals surface area contributed by atoms with Crippen LogP contribution in [-0.2, 0) is 25.5 Å².